The van der Waals surface area contributed by atoms with Crippen molar-refractivity contribution in [1.29, 1.82) is 0 Å². The molecule has 0 aliphatic carbocycles. The Morgan fingerprint density at radius 2 is 1.57 bits per heavy atom. The molecule has 0 saturated carbocycles. The maximum absolute atomic E-state index is 12.6. The molecule has 0 saturated heterocycles. The molecule has 0 fully saturated rings. The van der Waals surface area contributed by atoms with E-state index in [1.54, 1.807) is 6.92 Å². The molecule has 0 aliphatic rings. The molecular weight excluding hydrogens is 439 g/mol. The molecule has 0 aromatic carbocycles. The van der Waals surface area contributed by atoms with Gasteiger partial charge in [0.25, 0.3) is 0 Å². The average Bonchev–Trinajstić information content (AvgIpc) is 2.64. The van der Waals surface area contributed by atoms with Crippen molar-refractivity contribution >= 4 is 55.4 Å². The Kier molecular flexibility index (Phi) is 14.2. The van der Waals surface area contributed by atoms with Crippen LogP contribution in [0.5, 0.6) is 0 Å². The fourth-order valence-corrected chi connectivity index (χ4v) is 2.96. The first-order chi connectivity index (χ1) is 14.1. The van der Waals surface area contributed by atoms with Gasteiger partial charge in [-0.3, -0.25) is 28.8 Å². The first-order valence-electron chi connectivity index (χ1n) is 9.00. The van der Waals surface area contributed by atoms with E-state index < -0.39 is 54.7 Å². The predicted octanol–water partition coefficient (Wildman–Crippen LogP) is -1.54. The SMILES string of the molecule is CCNC(=O)CCCC(NC(=O)CSP)C(=O)NC(CC(=O)O)C(=O)NCC(=O)O. The van der Waals surface area contributed by atoms with Crippen LogP contribution < -0.4 is 21.3 Å². The van der Waals surface area contributed by atoms with Crippen molar-refractivity contribution in [2.45, 2.75) is 44.7 Å². The number of aliphatic carboxylic acids is 2. The van der Waals surface area contributed by atoms with Gasteiger partial charge >= 0.3 is 11.9 Å². The van der Waals surface area contributed by atoms with Crippen LogP contribution in [-0.4, -0.2) is 76.7 Å². The molecule has 6 N–H and O–H groups in total. The molecule has 0 rings (SSSR count). The van der Waals surface area contributed by atoms with E-state index in [-0.39, 0.29) is 30.9 Å². The summed E-state index contributed by atoms with van der Waals surface area (Å²) in [6, 6.07) is -2.64. The summed E-state index contributed by atoms with van der Waals surface area (Å²) in [7, 11) is 2.28. The van der Waals surface area contributed by atoms with E-state index in [0.29, 0.717) is 6.54 Å². The van der Waals surface area contributed by atoms with Crippen LogP contribution in [0.1, 0.15) is 32.6 Å². The normalized spacial score (nSPS) is 12.2. The van der Waals surface area contributed by atoms with Gasteiger partial charge in [0.05, 0.1) is 12.2 Å². The summed E-state index contributed by atoms with van der Waals surface area (Å²) < 4.78 is 0. The lowest BCUT2D eigenvalue weighted by molar-refractivity contribution is -0.141. The maximum atomic E-state index is 12.6. The van der Waals surface area contributed by atoms with Crippen LogP contribution in [0.3, 0.4) is 0 Å². The zero-order valence-corrected chi connectivity index (χ0v) is 18.4. The summed E-state index contributed by atoms with van der Waals surface area (Å²) in [6.45, 7) is 1.46. The molecule has 0 aliphatic heterocycles. The molecule has 0 spiro atoms. The van der Waals surface area contributed by atoms with Gasteiger partial charge in [-0.25, -0.2) is 0 Å². The number of nitrogens with one attached hydrogen (secondary N) is 4. The van der Waals surface area contributed by atoms with Crippen molar-refractivity contribution in [2.24, 2.45) is 0 Å². The highest BCUT2D eigenvalue weighted by Gasteiger charge is 2.28. The molecule has 170 valence electrons. The van der Waals surface area contributed by atoms with E-state index in [9.17, 15) is 28.8 Å². The van der Waals surface area contributed by atoms with E-state index in [0.717, 1.165) is 11.4 Å². The fraction of sp³-hybridized carbons (Fsp3) is 0.625. The van der Waals surface area contributed by atoms with Crippen molar-refractivity contribution in [3.63, 3.8) is 0 Å². The summed E-state index contributed by atoms with van der Waals surface area (Å²) in [5.74, 6) is -5.16. The molecule has 0 aromatic rings. The van der Waals surface area contributed by atoms with Crippen LogP contribution in [-0.2, 0) is 28.8 Å². The Bertz CT molecular complexity index is 649. The average molecular weight is 466 g/mol. The number of hydrogen-bond acceptors (Lipinski definition) is 7. The standard InChI is InChI=1S/C16H27N4O8PS/c1-2-17-11(21)5-3-4-9(19-12(22)8-30-29)16(28)20-10(6-13(23)24)15(27)18-7-14(25)26/h9-10H,2-8,29H2,1H3,(H,17,21)(H,18,27)(H,19,22)(H,20,28)(H,23,24)(H,25,26). The molecule has 14 heteroatoms. The minimum Gasteiger partial charge on any atom is -0.481 e. The van der Waals surface area contributed by atoms with Gasteiger partial charge in [0.15, 0.2) is 0 Å². The molecule has 0 heterocycles. The molecule has 3 unspecified atom stereocenters. The van der Waals surface area contributed by atoms with Crippen LogP contribution in [0, 0.1) is 0 Å². The summed E-state index contributed by atoms with van der Waals surface area (Å²) in [5, 5.41) is 26.9. The minimum absolute atomic E-state index is 0.0441. The summed E-state index contributed by atoms with van der Waals surface area (Å²) in [6.07, 6.45) is -0.332. The number of carboxylic acids is 2. The van der Waals surface area contributed by atoms with E-state index in [2.05, 4.69) is 24.4 Å². The zero-order chi connectivity index (χ0) is 23.1. The largest absolute Gasteiger partial charge is 0.481 e. The number of carbonyl (C=O) groups excluding carboxylic acids is 4. The van der Waals surface area contributed by atoms with Crippen LogP contribution >= 0.6 is 19.8 Å². The second-order valence-electron chi connectivity index (χ2n) is 6.05. The van der Waals surface area contributed by atoms with Gasteiger partial charge in [0, 0.05) is 13.0 Å². The number of carboxylic acid groups (broad SMARTS) is 2. The quantitative estimate of drug-likeness (QED) is 0.155. The summed E-state index contributed by atoms with van der Waals surface area (Å²) >= 11 is 1.15. The Labute approximate surface area is 179 Å². The fourth-order valence-electron chi connectivity index (χ4n) is 2.27. The van der Waals surface area contributed by atoms with Crippen molar-refractivity contribution in [2.75, 3.05) is 18.8 Å². The van der Waals surface area contributed by atoms with Crippen molar-refractivity contribution < 1.29 is 39.0 Å². The van der Waals surface area contributed by atoms with Gasteiger partial charge in [-0.2, -0.15) is 0 Å². The zero-order valence-electron chi connectivity index (χ0n) is 16.4. The first-order valence-corrected chi connectivity index (χ1v) is 11.5. The van der Waals surface area contributed by atoms with Gasteiger partial charge in [0.1, 0.15) is 18.6 Å². The number of rotatable bonds is 15. The minimum atomic E-state index is -1.53. The Hall–Kier alpha value is -2.40. The number of carbonyl (C=O) groups is 6. The summed E-state index contributed by atoms with van der Waals surface area (Å²) in [4.78, 5) is 69.7. The second kappa shape index (κ2) is 15.4. The van der Waals surface area contributed by atoms with E-state index in [1.807, 2.05) is 5.32 Å². The molecule has 30 heavy (non-hydrogen) atoms. The van der Waals surface area contributed by atoms with Gasteiger partial charge in [-0.05, 0) is 19.8 Å². The number of hydrogen-bond donors (Lipinski definition) is 6. The van der Waals surface area contributed by atoms with Crippen molar-refractivity contribution in [1.82, 2.24) is 21.3 Å². The van der Waals surface area contributed by atoms with E-state index >= 15 is 0 Å². The van der Waals surface area contributed by atoms with E-state index in [1.165, 1.54) is 0 Å². The number of amides is 4. The topological polar surface area (TPSA) is 191 Å². The Balaban J connectivity index is 5.15. The predicted molar refractivity (Wildman–Crippen MR) is 111 cm³/mol. The highest BCUT2D eigenvalue weighted by atomic mass is 32.7. The lowest BCUT2D eigenvalue weighted by Gasteiger charge is -2.22. The third-order valence-corrected chi connectivity index (χ3v) is 4.49. The summed E-state index contributed by atoms with van der Waals surface area (Å²) in [5.41, 5.74) is 0. The van der Waals surface area contributed by atoms with Crippen LogP contribution in [0.25, 0.3) is 0 Å². The first kappa shape index (κ1) is 27.6. The molecule has 0 bridgehead atoms. The lowest BCUT2D eigenvalue weighted by atomic mass is 10.1. The van der Waals surface area contributed by atoms with Gasteiger partial charge in [-0.1, -0.05) is 8.44 Å². The monoisotopic (exact) mass is 466 g/mol. The van der Waals surface area contributed by atoms with Gasteiger partial charge in [0.2, 0.25) is 23.6 Å². The van der Waals surface area contributed by atoms with Crippen molar-refractivity contribution in [3.8, 4) is 0 Å². The molecule has 4 amide bonds. The van der Waals surface area contributed by atoms with Crippen LogP contribution in [0.4, 0.5) is 0 Å². The Morgan fingerprint density at radius 1 is 0.900 bits per heavy atom. The molecule has 3 atom stereocenters. The second-order valence-corrected chi connectivity index (χ2v) is 7.67. The van der Waals surface area contributed by atoms with Crippen LogP contribution in [0.15, 0.2) is 0 Å². The van der Waals surface area contributed by atoms with E-state index in [4.69, 9.17) is 10.2 Å². The third kappa shape index (κ3) is 12.9. The molecule has 12 nitrogen and oxygen atoms in total. The molecule has 0 radical (unpaired) electrons. The maximum Gasteiger partial charge on any atom is 0.322 e. The van der Waals surface area contributed by atoms with Gasteiger partial charge < -0.3 is 31.5 Å². The Morgan fingerprint density at radius 3 is 2.10 bits per heavy atom. The highest BCUT2D eigenvalue weighted by molar-refractivity contribution is 8.44. The molecule has 0 aromatic heterocycles. The molecular formula is C16H27N4O8PS. The van der Waals surface area contributed by atoms with Crippen molar-refractivity contribution in [3.05, 3.63) is 0 Å². The van der Waals surface area contributed by atoms with Gasteiger partial charge in [-0.15, -0.1) is 11.4 Å². The highest BCUT2D eigenvalue weighted by Crippen LogP contribution is 2.10. The smallest absolute Gasteiger partial charge is 0.322 e. The van der Waals surface area contributed by atoms with Crippen LogP contribution in [0.2, 0.25) is 0 Å². The third-order valence-electron chi connectivity index (χ3n) is 3.56. The lowest BCUT2D eigenvalue weighted by Crippen LogP contribution is -2.55.